The van der Waals surface area contributed by atoms with Crippen LogP contribution in [0, 0.1) is 13.8 Å². The van der Waals surface area contributed by atoms with Crippen molar-refractivity contribution >= 4 is 18.2 Å². The minimum absolute atomic E-state index is 0.0665. The van der Waals surface area contributed by atoms with E-state index in [2.05, 4.69) is 10.1 Å². The summed E-state index contributed by atoms with van der Waals surface area (Å²) < 4.78 is 5.08. The number of urea groups is 1. The molecule has 2 aromatic rings. The summed E-state index contributed by atoms with van der Waals surface area (Å²) in [6.07, 6.45) is 2.54. The molecule has 0 aliphatic carbocycles. The Labute approximate surface area is 161 Å². The van der Waals surface area contributed by atoms with Gasteiger partial charge in [0.15, 0.2) is 0 Å². The number of aromatic nitrogens is 1. The summed E-state index contributed by atoms with van der Waals surface area (Å²) in [5.41, 5.74) is 7.94. The van der Waals surface area contributed by atoms with E-state index >= 15 is 0 Å². The number of allylic oxidation sites excluding steroid dienone is 1. The molecule has 146 valence electrons. The summed E-state index contributed by atoms with van der Waals surface area (Å²) in [6, 6.07) is 6.14. The first kappa shape index (κ1) is 19.2. The third-order valence-corrected chi connectivity index (χ3v) is 4.47. The molecule has 0 unspecified atom stereocenters. The van der Waals surface area contributed by atoms with Crippen molar-refractivity contribution in [2.45, 2.75) is 26.9 Å². The zero-order valence-corrected chi connectivity index (χ0v) is 15.6. The highest BCUT2D eigenvalue weighted by molar-refractivity contribution is 6.07. The molecule has 0 atom stereocenters. The highest BCUT2D eigenvalue weighted by atomic mass is 16.5. The number of aromatic hydroxyl groups is 1. The topological polar surface area (TPSA) is 125 Å². The molecular formula is C19H21N5O4. The number of benzene rings is 1. The molecule has 0 radical (unpaired) electrons. The molecule has 28 heavy (non-hydrogen) atoms. The maximum atomic E-state index is 12.7. The highest BCUT2D eigenvalue weighted by Crippen LogP contribution is 2.22. The SMILES string of the molecule is Cc1noc(C)c1CN=CC(=CN)N1C(=O)CN(Cc2ccccc2O)C1=O. The summed E-state index contributed by atoms with van der Waals surface area (Å²) in [4.78, 5) is 31.7. The molecule has 2 heterocycles. The van der Waals surface area contributed by atoms with Crippen molar-refractivity contribution in [3.05, 3.63) is 58.7 Å². The van der Waals surface area contributed by atoms with Crippen molar-refractivity contribution in [2.24, 2.45) is 10.7 Å². The van der Waals surface area contributed by atoms with Gasteiger partial charge in [-0.15, -0.1) is 0 Å². The quantitative estimate of drug-likeness (QED) is 0.579. The second-order valence-electron chi connectivity index (χ2n) is 6.36. The fourth-order valence-electron chi connectivity index (χ4n) is 2.91. The number of hydrogen-bond acceptors (Lipinski definition) is 7. The lowest BCUT2D eigenvalue weighted by molar-refractivity contribution is -0.123. The molecular weight excluding hydrogens is 362 g/mol. The van der Waals surface area contributed by atoms with Crippen LogP contribution in [0.5, 0.6) is 5.75 Å². The van der Waals surface area contributed by atoms with Crippen molar-refractivity contribution in [2.75, 3.05) is 6.54 Å². The van der Waals surface area contributed by atoms with Gasteiger partial charge in [0, 0.05) is 23.5 Å². The number of amides is 3. The smallest absolute Gasteiger partial charge is 0.332 e. The Hall–Kier alpha value is -3.62. The van der Waals surface area contributed by atoms with Crippen molar-refractivity contribution in [3.8, 4) is 5.75 Å². The predicted octanol–water partition coefficient (Wildman–Crippen LogP) is 1.83. The second-order valence-corrected chi connectivity index (χ2v) is 6.36. The minimum atomic E-state index is -0.520. The molecule has 3 N–H and O–H groups in total. The van der Waals surface area contributed by atoms with E-state index in [1.54, 1.807) is 25.1 Å². The Bertz CT molecular complexity index is 943. The van der Waals surface area contributed by atoms with E-state index in [1.807, 2.05) is 6.92 Å². The van der Waals surface area contributed by atoms with E-state index in [0.29, 0.717) is 11.3 Å². The van der Waals surface area contributed by atoms with Gasteiger partial charge in [0.05, 0.1) is 24.5 Å². The van der Waals surface area contributed by atoms with Gasteiger partial charge in [0.2, 0.25) is 0 Å². The molecule has 9 nitrogen and oxygen atoms in total. The number of carbonyl (C=O) groups excluding carboxylic acids is 2. The van der Waals surface area contributed by atoms with Crippen molar-refractivity contribution in [3.63, 3.8) is 0 Å². The van der Waals surface area contributed by atoms with E-state index in [1.165, 1.54) is 17.2 Å². The number of imide groups is 1. The second kappa shape index (κ2) is 7.95. The number of phenols is 1. The number of para-hydroxylation sites is 1. The van der Waals surface area contributed by atoms with Crippen LogP contribution in [0.25, 0.3) is 0 Å². The third kappa shape index (κ3) is 3.73. The zero-order valence-electron chi connectivity index (χ0n) is 15.6. The van der Waals surface area contributed by atoms with Crippen LogP contribution in [-0.2, 0) is 17.9 Å². The van der Waals surface area contributed by atoms with E-state index in [4.69, 9.17) is 10.3 Å². The number of carbonyl (C=O) groups is 2. The Morgan fingerprint density at radius 3 is 2.75 bits per heavy atom. The van der Waals surface area contributed by atoms with Crippen molar-refractivity contribution in [1.29, 1.82) is 0 Å². The molecule has 1 aromatic carbocycles. The first-order valence-electron chi connectivity index (χ1n) is 8.64. The first-order valence-corrected chi connectivity index (χ1v) is 8.64. The Morgan fingerprint density at radius 2 is 2.11 bits per heavy atom. The largest absolute Gasteiger partial charge is 0.508 e. The van der Waals surface area contributed by atoms with Crippen molar-refractivity contribution in [1.82, 2.24) is 15.0 Å². The summed E-state index contributed by atoms with van der Waals surface area (Å²) in [7, 11) is 0. The molecule has 0 spiro atoms. The Morgan fingerprint density at radius 1 is 1.36 bits per heavy atom. The van der Waals surface area contributed by atoms with Crippen LogP contribution in [0.2, 0.25) is 0 Å². The number of nitrogens with two attached hydrogens (primary N) is 1. The van der Waals surface area contributed by atoms with Gasteiger partial charge in [-0.1, -0.05) is 23.4 Å². The zero-order chi connectivity index (χ0) is 20.3. The monoisotopic (exact) mass is 383 g/mol. The van der Waals surface area contributed by atoms with Crippen molar-refractivity contribution < 1.29 is 19.2 Å². The molecule has 0 saturated carbocycles. The van der Waals surface area contributed by atoms with Crippen LogP contribution in [0.15, 0.2) is 45.7 Å². The fourth-order valence-corrected chi connectivity index (χ4v) is 2.91. The van der Waals surface area contributed by atoms with Gasteiger partial charge in [-0.25, -0.2) is 9.69 Å². The number of phenolic OH excluding ortho intramolecular Hbond substituents is 1. The maximum Gasteiger partial charge on any atom is 0.332 e. The predicted molar refractivity (Wildman–Crippen MR) is 101 cm³/mol. The summed E-state index contributed by atoms with van der Waals surface area (Å²) in [6.45, 7) is 3.89. The summed E-state index contributed by atoms with van der Waals surface area (Å²) in [5, 5.41) is 13.8. The lowest BCUT2D eigenvalue weighted by Crippen LogP contribution is -2.33. The van der Waals surface area contributed by atoms with Gasteiger partial charge in [-0.05, 0) is 19.9 Å². The number of aryl methyl sites for hydroxylation is 2. The van der Waals surface area contributed by atoms with Crippen LogP contribution in [0.3, 0.4) is 0 Å². The van der Waals surface area contributed by atoms with Gasteiger partial charge in [-0.3, -0.25) is 9.79 Å². The normalized spacial score (nSPS) is 15.3. The van der Waals surface area contributed by atoms with Crippen LogP contribution in [0.1, 0.15) is 22.6 Å². The average Bonchev–Trinajstić information content (AvgIpc) is 3.13. The number of nitrogens with zero attached hydrogens (tertiary/aromatic N) is 4. The van der Waals surface area contributed by atoms with Gasteiger partial charge >= 0.3 is 6.03 Å². The average molecular weight is 383 g/mol. The van der Waals surface area contributed by atoms with Crippen LogP contribution < -0.4 is 5.73 Å². The standard InChI is InChI=1S/C19H21N5O4/c1-12-16(13(2)28-22-12)9-21-8-15(7-20)24-18(26)11-23(19(24)27)10-14-5-3-4-6-17(14)25/h3-8,25H,9-11,20H2,1-2H3. The van der Waals surface area contributed by atoms with E-state index in [-0.39, 0.29) is 31.1 Å². The van der Waals surface area contributed by atoms with Crippen LogP contribution in [-0.4, -0.2) is 44.8 Å². The molecule has 9 heteroatoms. The maximum absolute atomic E-state index is 12.7. The highest BCUT2D eigenvalue weighted by Gasteiger charge is 2.38. The van der Waals surface area contributed by atoms with Crippen LogP contribution >= 0.6 is 0 Å². The fraction of sp³-hybridized carbons (Fsp3) is 0.263. The third-order valence-electron chi connectivity index (χ3n) is 4.47. The molecule has 0 bridgehead atoms. The molecule has 1 fully saturated rings. The lowest BCUT2D eigenvalue weighted by atomic mass is 10.2. The number of aliphatic imine (C=N–C) groups is 1. The van der Waals surface area contributed by atoms with Gasteiger partial charge in [0.1, 0.15) is 18.1 Å². The van der Waals surface area contributed by atoms with Gasteiger partial charge in [0.25, 0.3) is 5.91 Å². The summed E-state index contributed by atoms with van der Waals surface area (Å²) in [5.74, 6) is 0.313. The summed E-state index contributed by atoms with van der Waals surface area (Å²) >= 11 is 0. The molecule has 3 rings (SSSR count). The Balaban J connectivity index is 1.72. The molecule has 1 saturated heterocycles. The van der Waals surface area contributed by atoms with Gasteiger partial charge < -0.3 is 20.3 Å². The molecule has 1 aliphatic rings. The first-order chi connectivity index (χ1) is 13.4. The van der Waals surface area contributed by atoms with Crippen LogP contribution in [0.4, 0.5) is 4.79 Å². The number of hydrogen-bond donors (Lipinski definition) is 2. The molecule has 3 amide bonds. The lowest BCUT2D eigenvalue weighted by Gasteiger charge is -2.17. The van der Waals surface area contributed by atoms with E-state index in [9.17, 15) is 14.7 Å². The van der Waals surface area contributed by atoms with E-state index in [0.717, 1.165) is 22.4 Å². The van der Waals surface area contributed by atoms with Gasteiger partial charge in [-0.2, -0.15) is 0 Å². The van der Waals surface area contributed by atoms with E-state index < -0.39 is 11.9 Å². The molecule has 1 aliphatic heterocycles. The minimum Gasteiger partial charge on any atom is -0.508 e. The Kier molecular flexibility index (Phi) is 5.44. The number of rotatable bonds is 6. The molecule has 1 aromatic heterocycles.